The van der Waals surface area contributed by atoms with Crippen molar-refractivity contribution in [3.63, 3.8) is 0 Å². The Morgan fingerprint density at radius 3 is 2.42 bits per heavy atom. The van der Waals surface area contributed by atoms with Crippen LogP contribution in [0.25, 0.3) is 0 Å². The zero-order chi connectivity index (χ0) is 15.1. The summed E-state index contributed by atoms with van der Waals surface area (Å²) in [5.41, 5.74) is 0.206. The minimum Gasteiger partial charge on any atom is -0.466 e. The molecule has 0 aromatic carbocycles. The average molecular weight is 265 g/mol. The second-order valence-electron chi connectivity index (χ2n) is 3.20. The van der Waals surface area contributed by atoms with Crippen LogP contribution < -0.4 is 0 Å². The maximum Gasteiger partial charge on any atom is 0.337 e. The summed E-state index contributed by atoms with van der Waals surface area (Å²) in [5, 5.41) is 8.18. The number of allylic oxidation sites excluding steroid dienone is 1. The third kappa shape index (κ3) is 13.6. The van der Waals surface area contributed by atoms with E-state index in [0.717, 1.165) is 18.9 Å². The van der Waals surface area contributed by atoms with Crippen molar-refractivity contribution in [1.82, 2.24) is 0 Å². The molecule has 5 nitrogen and oxygen atoms in total. The van der Waals surface area contributed by atoms with E-state index in [2.05, 4.69) is 17.9 Å². The monoisotopic (exact) mass is 265 g/mol. The minimum atomic E-state index is -0.458. The molecule has 0 amide bonds. The number of carbonyl (C=O) groups is 2. The Hall–Kier alpha value is -2.35. The van der Waals surface area contributed by atoms with Crippen LogP contribution in [-0.2, 0) is 19.1 Å². The predicted molar refractivity (Wildman–Crippen MR) is 72.0 cm³/mol. The van der Waals surface area contributed by atoms with E-state index in [0.29, 0.717) is 6.61 Å². The summed E-state index contributed by atoms with van der Waals surface area (Å²) in [4.78, 5) is 20.9. The lowest BCUT2D eigenvalue weighted by Gasteiger charge is -2.01. The predicted octanol–water partition coefficient (Wildman–Crippen LogP) is 2.31. The van der Waals surface area contributed by atoms with E-state index in [4.69, 9.17) is 10.00 Å². The van der Waals surface area contributed by atoms with Crippen molar-refractivity contribution < 1.29 is 19.1 Å². The van der Waals surface area contributed by atoms with E-state index in [9.17, 15) is 9.59 Å². The Bertz CT molecular complexity index is 377. The van der Waals surface area contributed by atoms with Gasteiger partial charge in [0, 0.05) is 12.2 Å². The molecule has 0 bridgehead atoms. The van der Waals surface area contributed by atoms with Gasteiger partial charge in [0.25, 0.3) is 0 Å². The number of nitrogens with zero attached hydrogens (tertiary/aromatic N) is 1. The van der Waals surface area contributed by atoms with Gasteiger partial charge in [-0.25, -0.2) is 9.59 Å². The van der Waals surface area contributed by atoms with Gasteiger partial charge in [-0.2, -0.15) is 5.26 Å². The molecule has 0 radical (unpaired) electrons. The van der Waals surface area contributed by atoms with Gasteiger partial charge in [-0.15, -0.1) is 0 Å². The Balaban J connectivity index is 0. The van der Waals surface area contributed by atoms with Gasteiger partial charge in [-0.05, 0) is 12.5 Å². The maximum absolute atomic E-state index is 11.0. The number of unbranched alkanes of at least 4 members (excludes halogenated alkanes) is 1. The van der Waals surface area contributed by atoms with Crippen LogP contribution in [0, 0.1) is 11.3 Å². The molecule has 0 aliphatic carbocycles. The fourth-order valence-corrected chi connectivity index (χ4v) is 0.691. The topological polar surface area (TPSA) is 76.4 Å². The summed E-state index contributed by atoms with van der Waals surface area (Å²) in [6.45, 7) is 9.04. The lowest BCUT2D eigenvalue weighted by Crippen LogP contribution is -2.06. The largest absolute Gasteiger partial charge is 0.466 e. The van der Waals surface area contributed by atoms with Gasteiger partial charge in [0.2, 0.25) is 0 Å². The molecule has 0 saturated heterocycles. The smallest absolute Gasteiger partial charge is 0.337 e. The maximum atomic E-state index is 11.0. The zero-order valence-corrected chi connectivity index (χ0v) is 11.3. The first-order valence-corrected chi connectivity index (χ1v) is 5.66. The number of ether oxygens (including phenoxy) is 2. The molecule has 0 saturated carbocycles. The van der Waals surface area contributed by atoms with Crippen molar-refractivity contribution in [2.75, 3.05) is 13.7 Å². The number of methoxy groups -OCH3 is 1. The zero-order valence-electron chi connectivity index (χ0n) is 11.3. The fraction of sp³-hybridized carbons (Fsp3) is 0.357. The third-order valence-corrected chi connectivity index (χ3v) is 1.72. The number of esters is 2. The van der Waals surface area contributed by atoms with Gasteiger partial charge < -0.3 is 9.47 Å². The van der Waals surface area contributed by atoms with E-state index >= 15 is 0 Å². The van der Waals surface area contributed by atoms with E-state index in [1.807, 2.05) is 6.92 Å². The molecule has 19 heavy (non-hydrogen) atoms. The highest BCUT2D eigenvalue weighted by Gasteiger charge is 2.03. The first-order chi connectivity index (χ1) is 9.03. The molecule has 104 valence electrons. The number of carbonyl (C=O) groups excluding carboxylic acids is 2. The molecule has 0 aliphatic heterocycles. The van der Waals surface area contributed by atoms with Crippen LogP contribution in [-0.4, -0.2) is 25.7 Å². The molecule has 5 heteroatoms. The van der Waals surface area contributed by atoms with Gasteiger partial charge in [0.05, 0.1) is 25.4 Å². The second kappa shape index (κ2) is 13.7. The Labute approximate surface area is 113 Å². The van der Waals surface area contributed by atoms with Crippen molar-refractivity contribution in [3.05, 3.63) is 37.0 Å². The van der Waals surface area contributed by atoms with Crippen molar-refractivity contribution in [2.24, 2.45) is 0 Å². The van der Waals surface area contributed by atoms with Gasteiger partial charge in [0.1, 0.15) is 0 Å². The highest BCUT2D eigenvalue weighted by molar-refractivity contribution is 5.90. The van der Waals surface area contributed by atoms with Crippen LogP contribution in [0.3, 0.4) is 0 Å². The van der Waals surface area contributed by atoms with Crippen molar-refractivity contribution >= 4 is 11.9 Å². The van der Waals surface area contributed by atoms with E-state index in [1.165, 1.54) is 19.3 Å². The van der Waals surface area contributed by atoms with Crippen LogP contribution in [0.5, 0.6) is 0 Å². The van der Waals surface area contributed by atoms with Crippen LogP contribution >= 0.6 is 0 Å². The quantitative estimate of drug-likeness (QED) is 0.242. The Morgan fingerprint density at radius 2 is 2.05 bits per heavy atom. The summed E-state index contributed by atoms with van der Waals surface area (Å²) in [5.74, 6) is -0.852. The molecule has 0 heterocycles. The van der Waals surface area contributed by atoms with E-state index in [-0.39, 0.29) is 5.57 Å². The molecule has 0 aromatic rings. The summed E-state index contributed by atoms with van der Waals surface area (Å²) < 4.78 is 8.98. The van der Waals surface area contributed by atoms with Gasteiger partial charge in [-0.1, -0.05) is 26.5 Å². The first kappa shape index (κ1) is 19.0. The van der Waals surface area contributed by atoms with Gasteiger partial charge in [-0.3, -0.25) is 0 Å². The second-order valence-corrected chi connectivity index (χ2v) is 3.20. The molecular weight excluding hydrogens is 246 g/mol. The summed E-state index contributed by atoms with van der Waals surface area (Å²) in [7, 11) is 1.31. The van der Waals surface area contributed by atoms with Gasteiger partial charge in [0.15, 0.2) is 0 Å². The van der Waals surface area contributed by atoms with Crippen LogP contribution in [0.15, 0.2) is 37.0 Å². The SMILES string of the molecule is C=C(C=CC#N)C(=O)OCCCC.C=CC(=O)OC. The minimum absolute atomic E-state index is 0.206. The fourth-order valence-electron chi connectivity index (χ4n) is 0.691. The molecule has 0 N–H and O–H groups in total. The van der Waals surface area contributed by atoms with Crippen LogP contribution in [0.2, 0.25) is 0 Å². The lowest BCUT2D eigenvalue weighted by molar-refractivity contribution is -0.138. The van der Waals surface area contributed by atoms with Crippen molar-refractivity contribution in [3.8, 4) is 6.07 Å². The molecule has 0 fully saturated rings. The van der Waals surface area contributed by atoms with Crippen LogP contribution in [0.1, 0.15) is 19.8 Å². The average Bonchev–Trinajstić information content (AvgIpc) is 2.44. The molecule has 0 aromatic heterocycles. The normalized spacial score (nSPS) is 8.68. The van der Waals surface area contributed by atoms with Crippen LogP contribution in [0.4, 0.5) is 0 Å². The lowest BCUT2D eigenvalue weighted by atomic mass is 10.3. The first-order valence-electron chi connectivity index (χ1n) is 5.66. The molecule has 0 spiro atoms. The Kier molecular flexibility index (Phi) is 13.7. The molecule has 0 aliphatic rings. The standard InChI is InChI=1S/C10H13NO2.C4H6O2/c1-3-4-8-13-10(12)9(2)6-5-7-11;1-3-4(5)6-2/h5-6H,2-4,8H2,1H3;3H,1H2,2H3. The van der Waals surface area contributed by atoms with Crippen molar-refractivity contribution in [2.45, 2.75) is 19.8 Å². The highest BCUT2D eigenvalue weighted by Crippen LogP contribution is 1.98. The number of hydrogen-bond acceptors (Lipinski definition) is 5. The number of nitriles is 1. The summed E-state index contributed by atoms with van der Waals surface area (Å²) >= 11 is 0. The summed E-state index contributed by atoms with van der Waals surface area (Å²) in [6.07, 6.45) is 5.48. The van der Waals surface area contributed by atoms with Gasteiger partial charge >= 0.3 is 11.9 Å². The third-order valence-electron chi connectivity index (χ3n) is 1.72. The van der Waals surface area contributed by atoms with Crippen molar-refractivity contribution in [1.29, 1.82) is 5.26 Å². The molecule has 0 atom stereocenters. The summed E-state index contributed by atoms with van der Waals surface area (Å²) in [6, 6.07) is 1.77. The molecule has 0 unspecified atom stereocenters. The molecule has 0 rings (SSSR count). The van der Waals surface area contributed by atoms with E-state index in [1.54, 1.807) is 6.07 Å². The number of hydrogen-bond donors (Lipinski definition) is 0. The molecular formula is C14H19NO4. The van der Waals surface area contributed by atoms with E-state index < -0.39 is 11.9 Å². The number of rotatable bonds is 6. The highest BCUT2D eigenvalue weighted by atomic mass is 16.5. The Morgan fingerprint density at radius 1 is 1.42 bits per heavy atom.